The minimum atomic E-state index is -0.472. The molecule has 0 aliphatic carbocycles. The molecule has 0 atom stereocenters. The number of aromatic nitrogens is 3. The van der Waals surface area contributed by atoms with Gasteiger partial charge in [0.25, 0.3) is 0 Å². The summed E-state index contributed by atoms with van der Waals surface area (Å²) in [7, 11) is 0. The molecule has 6 heteroatoms. The average Bonchev–Trinajstić information content (AvgIpc) is 2.75. The smallest absolute Gasteiger partial charge is 0.180 e. The molecule has 0 saturated heterocycles. The van der Waals surface area contributed by atoms with E-state index in [1.165, 1.54) is 12.1 Å². The topological polar surface area (TPSA) is 93.6 Å². The lowest BCUT2D eigenvalue weighted by atomic mass is 10.2. The number of fused-ring (bicyclic) bond motifs is 1. The summed E-state index contributed by atoms with van der Waals surface area (Å²) in [5.41, 5.74) is 13.0. The van der Waals surface area contributed by atoms with Crippen LogP contribution in [-0.2, 0) is 0 Å². The number of halogens is 1. The van der Waals surface area contributed by atoms with E-state index in [1.807, 2.05) is 0 Å². The molecule has 0 bridgehead atoms. The Hall–Kier alpha value is -2.63. The van der Waals surface area contributed by atoms with Crippen molar-refractivity contribution in [3.05, 3.63) is 36.1 Å². The lowest BCUT2D eigenvalue weighted by molar-refractivity contribution is 0.633. The highest BCUT2D eigenvalue weighted by atomic mass is 19.1. The van der Waals surface area contributed by atoms with Crippen molar-refractivity contribution in [2.75, 3.05) is 11.5 Å². The summed E-state index contributed by atoms with van der Waals surface area (Å²) >= 11 is 0. The Bertz CT molecular complexity index is 734. The molecule has 0 spiro atoms. The fourth-order valence-electron chi connectivity index (χ4n) is 1.72. The number of rotatable bonds is 1. The van der Waals surface area contributed by atoms with Crippen LogP contribution in [0.4, 0.5) is 15.9 Å². The maximum atomic E-state index is 13.4. The summed E-state index contributed by atoms with van der Waals surface area (Å²) in [6.07, 6.45) is 0. The second-order valence-electron chi connectivity index (χ2n) is 3.93. The van der Waals surface area contributed by atoms with E-state index in [0.29, 0.717) is 22.9 Å². The maximum Gasteiger partial charge on any atom is 0.180 e. The Labute approximate surface area is 102 Å². The van der Waals surface area contributed by atoms with Crippen molar-refractivity contribution < 1.29 is 4.39 Å². The highest BCUT2D eigenvalue weighted by Gasteiger charge is 2.08. The predicted molar refractivity (Wildman–Crippen MR) is 68.1 cm³/mol. The first-order chi connectivity index (χ1) is 8.63. The van der Waals surface area contributed by atoms with Gasteiger partial charge in [0.2, 0.25) is 0 Å². The third-order valence-electron chi connectivity index (χ3n) is 2.64. The van der Waals surface area contributed by atoms with Gasteiger partial charge in [-0.1, -0.05) is 0 Å². The van der Waals surface area contributed by atoms with Gasteiger partial charge in [-0.3, -0.25) is 0 Å². The van der Waals surface area contributed by atoms with Gasteiger partial charge < -0.3 is 16.5 Å². The summed E-state index contributed by atoms with van der Waals surface area (Å²) in [5, 5.41) is 0. The third kappa shape index (κ3) is 1.64. The van der Waals surface area contributed by atoms with Crippen LogP contribution < -0.4 is 11.5 Å². The van der Waals surface area contributed by atoms with E-state index in [0.717, 1.165) is 5.52 Å². The fraction of sp³-hybridized carbons (Fsp3) is 0. The van der Waals surface area contributed by atoms with Gasteiger partial charge in [0.1, 0.15) is 17.5 Å². The van der Waals surface area contributed by atoms with E-state index < -0.39 is 5.82 Å². The van der Waals surface area contributed by atoms with Crippen molar-refractivity contribution in [2.45, 2.75) is 0 Å². The molecule has 2 aromatic heterocycles. The van der Waals surface area contributed by atoms with E-state index in [2.05, 4.69) is 15.0 Å². The number of nitrogens with one attached hydrogen (secondary N) is 1. The average molecular weight is 243 g/mol. The van der Waals surface area contributed by atoms with Gasteiger partial charge in [0, 0.05) is 5.56 Å². The number of aromatic amines is 1. The molecule has 0 fully saturated rings. The zero-order valence-corrected chi connectivity index (χ0v) is 9.31. The minimum Gasteiger partial charge on any atom is -0.396 e. The number of anilines is 2. The molecule has 0 unspecified atom stereocenters. The molecular weight excluding hydrogens is 233 g/mol. The lowest BCUT2D eigenvalue weighted by Crippen LogP contribution is -1.91. The van der Waals surface area contributed by atoms with Crippen LogP contribution in [0.25, 0.3) is 22.6 Å². The molecule has 2 heterocycles. The summed E-state index contributed by atoms with van der Waals surface area (Å²) in [4.78, 5) is 11.4. The number of benzene rings is 1. The van der Waals surface area contributed by atoms with Crippen LogP contribution in [0.2, 0.25) is 0 Å². The number of pyridine rings is 1. The third-order valence-corrected chi connectivity index (χ3v) is 2.64. The first-order valence-electron chi connectivity index (χ1n) is 5.31. The molecule has 90 valence electrons. The van der Waals surface area contributed by atoms with Crippen molar-refractivity contribution in [1.82, 2.24) is 15.0 Å². The molecule has 3 rings (SSSR count). The quantitative estimate of drug-likeness (QED) is 0.569. The van der Waals surface area contributed by atoms with Gasteiger partial charge in [-0.2, -0.15) is 0 Å². The van der Waals surface area contributed by atoms with Crippen molar-refractivity contribution in [3.8, 4) is 11.4 Å². The normalized spacial score (nSPS) is 10.9. The fourth-order valence-corrected chi connectivity index (χ4v) is 1.72. The van der Waals surface area contributed by atoms with Crippen LogP contribution >= 0.6 is 0 Å². The Morgan fingerprint density at radius 2 is 1.89 bits per heavy atom. The molecule has 0 aliphatic rings. The zero-order valence-electron chi connectivity index (χ0n) is 9.31. The molecule has 1 aromatic carbocycles. The first kappa shape index (κ1) is 10.5. The molecule has 0 saturated carbocycles. The Morgan fingerprint density at radius 3 is 2.67 bits per heavy atom. The second-order valence-corrected chi connectivity index (χ2v) is 3.93. The molecule has 0 aliphatic heterocycles. The van der Waals surface area contributed by atoms with Crippen molar-refractivity contribution in [1.29, 1.82) is 0 Å². The summed E-state index contributed by atoms with van der Waals surface area (Å²) in [6, 6.07) is 7.98. The van der Waals surface area contributed by atoms with E-state index in [1.54, 1.807) is 18.2 Å². The zero-order chi connectivity index (χ0) is 12.7. The number of hydrogen-bond acceptors (Lipinski definition) is 4. The van der Waals surface area contributed by atoms with Gasteiger partial charge in [-0.25, -0.2) is 14.4 Å². The molecule has 5 N–H and O–H groups in total. The Kier molecular flexibility index (Phi) is 2.16. The number of nitrogen functional groups attached to an aromatic ring is 2. The van der Waals surface area contributed by atoms with Gasteiger partial charge in [-0.05, 0) is 30.3 Å². The minimum absolute atomic E-state index is 0.109. The van der Waals surface area contributed by atoms with E-state index in [-0.39, 0.29) is 5.69 Å². The molecule has 3 aromatic rings. The molecule has 0 amide bonds. The van der Waals surface area contributed by atoms with Gasteiger partial charge in [0.05, 0.1) is 11.2 Å². The van der Waals surface area contributed by atoms with E-state index in [4.69, 9.17) is 11.5 Å². The van der Waals surface area contributed by atoms with E-state index >= 15 is 0 Å². The Balaban J connectivity index is 2.16. The second kappa shape index (κ2) is 3.69. The summed E-state index contributed by atoms with van der Waals surface area (Å²) in [5.74, 6) is 0.450. The first-order valence-corrected chi connectivity index (χ1v) is 5.31. The number of H-pyrrole nitrogens is 1. The van der Waals surface area contributed by atoms with Crippen LogP contribution in [0.3, 0.4) is 0 Å². The van der Waals surface area contributed by atoms with Crippen LogP contribution in [0.15, 0.2) is 30.3 Å². The standard InChI is InChI=1S/C12H10FN5/c13-7-5-6(1-2-8(7)14)11-16-9-3-4-10(15)17-12(9)18-11/h1-5H,14H2,(H3,15,16,17,18). The highest BCUT2D eigenvalue weighted by Crippen LogP contribution is 2.22. The summed E-state index contributed by atoms with van der Waals surface area (Å²) in [6.45, 7) is 0. The lowest BCUT2D eigenvalue weighted by Gasteiger charge is -1.99. The van der Waals surface area contributed by atoms with Crippen molar-refractivity contribution >= 4 is 22.7 Å². The molecule has 0 radical (unpaired) electrons. The number of nitrogens with two attached hydrogens (primary N) is 2. The van der Waals surface area contributed by atoms with E-state index in [9.17, 15) is 4.39 Å². The summed E-state index contributed by atoms with van der Waals surface area (Å²) < 4.78 is 13.4. The largest absolute Gasteiger partial charge is 0.396 e. The van der Waals surface area contributed by atoms with Crippen molar-refractivity contribution in [2.24, 2.45) is 0 Å². The van der Waals surface area contributed by atoms with Crippen molar-refractivity contribution in [3.63, 3.8) is 0 Å². The van der Waals surface area contributed by atoms with Crippen LogP contribution in [0.5, 0.6) is 0 Å². The highest BCUT2D eigenvalue weighted by molar-refractivity contribution is 5.77. The van der Waals surface area contributed by atoms with Crippen LogP contribution in [0, 0.1) is 5.82 Å². The number of hydrogen-bond donors (Lipinski definition) is 3. The van der Waals surface area contributed by atoms with Gasteiger partial charge in [-0.15, -0.1) is 0 Å². The molecule has 18 heavy (non-hydrogen) atoms. The van der Waals surface area contributed by atoms with Crippen LogP contribution in [0.1, 0.15) is 0 Å². The molecule has 5 nitrogen and oxygen atoms in total. The monoisotopic (exact) mass is 243 g/mol. The molecular formula is C12H10FN5. The van der Waals surface area contributed by atoms with Gasteiger partial charge in [0.15, 0.2) is 5.65 Å². The number of nitrogens with zero attached hydrogens (tertiary/aromatic N) is 2. The Morgan fingerprint density at radius 1 is 1.06 bits per heavy atom. The predicted octanol–water partition coefficient (Wildman–Crippen LogP) is 1.93. The number of imidazole rings is 1. The maximum absolute atomic E-state index is 13.4. The van der Waals surface area contributed by atoms with Crippen LogP contribution in [-0.4, -0.2) is 15.0 Å². The van der Waals surface area contributed by atoms with Gasteiger partial charge >= 0.3 is 0 Å². The SMILES string of the molecule is Nc1ccc2[nH]c(-c3ccc(N)c(F)c3)nc2n1.